The van der Waals surface area contributed by atoms with Crippen molar-refractivity contribution in [1.82, 2.24) is 10.2 Å². The van der Waals surface area contributed by atoms with E-state index < -0.39 is 0 Å². The first kappa shape index (κ1) is 17.6. The van der Waals surface area contributed by atoms with Gasteiger partial charge in [-0.15, -0.1) is 12.4 Å². The summed E-state index contributed by atoms with van der Waals surface area (Å²) in [6, 6.07) is 8.55. The second kappa shape index (κ2) is 8.18. The van der Waals surface area contributed by atoms with Gasteiger partial charge >= 0.3 is 0 Å². The highest BCUT2D eigenvalue weighted by Crippen LogP contribution is 2.29. The molecule has 2 atom stereocenters. The Morgan fingerprint density at radius 3 is 2.86 bits per heavy atom. The van der Waals surface area contributed by atoms with Gasteiger partial charge in [-0.1, -0.05) is 12.1 Å². The maximum atomic E-state index is 12.5. The molecule has 0 aromatic heterocycles. The van der Waals surface area contributed by atoms with Crippen molar-refractivity contribution in [3.8, 4) is 5.75 Å². The van der Waals surface area contributed by atoms with Gasteiger partial charge in [0.2, 0.25) is 5.91 Å². The summed E-state index contributed by atoms with van der Waals surface area (Å²) < 4.78 is 6.64. The third-order valence-corrected chi connectivity index (χ3v) is 5.01. The van der Waals surface area contributed by atoms with Crippen LogP contribution in [0, 0.1) is 0 Å². The molecule has 2 aliphatic heterocycles. The molecular formula is C16H22BrClN2O2. The second-order valence-electron chi connectivity index (χ2n) is 5.71. The van der Waals surface area contributed by atoms with Gasteiger partial charge in [-0.05, 0) is 53.9 Å². The van der Waals surface area contributed by atoms with Crippen molar-refractivity contribution in [2.45, 2.75) is 37.8 Å². The molecule has 6 heteroatoms. The Balaban J connectivity index is 0.00000176. The fraction of sp³-hybridized carbons (Fsp3) is 0.562. The van der Waals surface area contributed by atoms with E-state index in [-0.39, 0.29) is 18.3 Å². The van der Waals surface area contributed by atoms with Crippen LogP contribution in [0.15, 0.2) is 28.7 Å². The van der Waals surface area contributed by atoms with Crippen LogP contribution < -0.4 is 10.1 Å². The summed E-state index contributed by atoms with van der Waals surface area (Å²) in [6.07, 6.45) is 3.82. The van der Waals surface area contributed by atoms with Gasteiger partial charge in [-0.25, -0.2) is 0 Å². The molecule has 0 radical (unpaired) electrons. The molecule has 2 heterocycles. The van der Waals surface area contributed by atoms with E-state index in [1.165, 1.54) is 0 Å². The lowest BCUT2D eigenvalue weighted by molar-refractivity contribution is -0.134. The van der Waals surface area contributed by atoms with Crippen LogP contribution in [0.1, 0.15) is 25.7 Å². The van der Waals surface area contributed by atoms with E-state index in [4.69, 9.17) is 4.74 Å². The van der Waals surface area contributed by atoms with Gasteiger partial charge in [0.25, 0.3) is 0 Å². The standard InChI is InChI=1S/C16H21BrN2O2.ClH/c17-14-3-1-2-4-15(14)21-10-8-16(20)19-12-5-6-13(19)11-18-9-7-12;/h1-4,12-13,18H,5-11H2;1H. The predicted molar refractivity (Wildman–Crippen MR) is 92.6 cm³/mol. The number of carbonyl (C=O) groups is 1. The van der Waals surface area contributed by atoms with Crippen LogP contribution in [0.5, 0.6) is 5.75 Å². The summed E-state index contributed by atoms with van der Waals surface area (Å²) in [5, 5.41) is 3.42. The maximum Gasteiger partial charge on any atom is 0.226 e. The molecule has 2 fully saturated rings. The van der Waals surface area contributed by atoms with Crippen molar-refractivity contribution in [2.24, 2.45) is 0 Å². The van der Waals surface area contributed by atoms with Crippen LogP contribution in [0.2, 0.25) is 0 Å². The van der Waals surface area contributed by atoms with Crippen LogP contribution in [0.4, 0.5) is 0 Å². The molecule has 0 spiro atoms. The highest BCUT2D eigenvalue weighted by atomic mass is 79.9. The van der Waals surface area contributed by atoms with Gasteiger partial charge in [0, 0.05) is 18.6 Å². The van der Waals surface area contributed by atoms with E-state index in [1.807, 2.05) is 24.3 Å². The zero-order valence-electron chi connectivity index (χ0n) is 12.5. The topological polar surface area (TPSA) is 41.6 Å². The number of carbonyl (C=O) groups excluding carboxylic acids is 1. The van der Waals surface area contributed by atoms with E-state index in [0.717, 1.165) is 42.6 Å². The second-order valence-corrected chi connectivity index (χ2v) is 6.56. The highest BCUT2D eigenvalue weighted by molar-refractivity contribution is 9.10. The Morgan fingerprint density at radius 2 is 2.05 bits per heavy atom. The Morgan fingerprint density at radius 1 is 1.27 bits per heavy atom. The molecule has 2 saturated heterocycles. The fourth-order valence-electron chi connectivity index (χ4n) is 3.33. The first-order valence-electron chi connectivity index (χ1n) is 7.65. The number of fused-ring (bicyclic) bond motifs is 2. The van der Waals surface area contributed by atoms with Crippen molar-refractivity contribution in [3.63, 3.8) is 0 Å². The van der Waals surface area contributed by atoms with Gasteiger partial charge < -0.3 is 15.0 Å². The zero-order valence-corrected chi connectivity index (χ0v) is 14.9. The monoisotopic (exact) mass is 388 g/mol. The Bertz CT molecular complexity index is 501. The van der Waals surface area contributed by atoms with E-state index >= 15 is 0 Å². The summed E-state index contributed by atoms with van der Waals surface area (Å²) in [4.78, 5) is 14.6. The molecule has 0 saturated carbocycles. The van der Waals surface area contributed by atoms with Crippen molar-refractivity contribution in [1.29, 1.82) is 0 Å². The smallest absolute Gasteiger partial charge is 0.226 e. The molecule has 3 rings (SSSR count). The summed E-state index contributed by atoms with van der Waals surface area (Å²) in [7, 11) is 0. The number of amides is 1. The molecule has 0 aliphatic carbocycles. The third kappa shape index (κ3) is 3.94. The summed E-state index contributed by atoms with van der Waals surface area (Å²) in [5.74, 6) is 1.03. The normalized spacial score (nSPS) is 23.6. The van der Waals surface area contributed by atoms with Crippen molar-refractivity contribution < 1.29 is 9.53 Å². The summed E-state index contributed by atoms with van der Waals surface area (Å²) in [5.41, 5.74) is 0. The first-order chi connectivity index (χ1) is 10.3. The number of para-hydroxylation sites is 1. The third-order valence-electron chi connectivity index (χ3n) is 4.35. The van der Waals surface area contributed by atoms with Crippen molar-refractivity contribution in [3.05, 3.63) is 28.7 Å². The zero-order chi connectivity index (χ0) is 14.7. The van der Waals surface area contributed by atoms with Crippen LogP contribution >= 0.6 is 28.3 Å². The lowest BCUT2D eigenvalue weighted by atomic mass is 10.1. The van der Waals surface area contributed by atoms with Crippen LogP contribution in [-0.2, 0) is 4.79 Å². The summed E-state index contributed by atoms with van der Waals surface area (Å²) >= 11 is 3.45. The number of ether oxygens (including phenoxy) is 1. The quantitative estimate of drug-likeness (QED) is 0.861. The molecule has 1 N–H and O–H groups in total. The van der Waals surface area contributed by atoms with E-state index in [2.05, 4.69) is 26.1 Å². The van der Waals surface area contributed by atoms with Crippen molar-refractivity contribution in [2.75, 3.05) is 19.7 Å². The van der Waals surface area contributed by atoms with Crippen molar-refractivity contribution >= 4 is 34.2 Å². The van der Waals surface area contributed by atoms with Gasteiger partial charge in [-0.3, -0.25) is 4.79 Å². The fourth-order valence-corrected chi connectivity index (χ4v) is 3.73. The number of nitrogens with zero attached hydrogens (tertiary/aromatic N) is 1. The first-order valence-corrected chi connectivity index (χ1v) is 8.44. The molecule has 4 nitrogen and oxygen atoms in total. The molecule has 2 bridgehead atoms. The van der Waals surface area contributed by atoms with Gasteiger partial charge in [0.05, 0.1) is 17.5 Å². The number of nitrogens with one attached hydrogen (secondary N) is 1. The maximum absolute atomic E-state index is 12.5. The van der Waals surface area contributed by atoms with Gasteiger partial charge in [-0.2, -0.15) is 0 Å². The number of rotatable bonds is 4. The average molecular weight is 390 g/mol. The summed E-state index contributed by atoms with van der Waals surface area (Å²) in [6.45, 7) is 2.40. The van der Waals surface area contributed by atoms with E-state index in [1.54, 1.807) is 0 Å². The van der Waals surface area contributed by atoms with E-state index in [9.17, 15) is 4.79 Å². The lowest BCUT2D eigenvalue weighted by Crippen LogP contribution is -2.42. The largest absolute Gasteiger partial charge is 0.492 e. The Hall–Kier alpha value is -0.780. The molecule has 1 aromatic rings. The van der Waals surface area contributed by atoms with Gasteiger partial charge in [0.15, 0.2) is 0 Å². The average Bonchev–Trinajstić information content (AvgIpc) is 2.74. The number of hydrogen-bond acceptors (Lipinski definition) is 3. The molecule has 122 valence electrons. The highest BCUT2D eigenvalue weighted by Gasteiger charge is 2.37. The lowest BCUT2D eigenvalue weighted by Gasteiger charge is -2.28. The molecule has 1 aromatic carbocycles. The molecule has 22 heavy (non-hydrogen) atoms. The SMILES string of the molecule is Cl.O=C(CCOc1ccccc1Br)N1C2CCNCC1CC2. The number of halogens is 2. The van der Waals surface area contributed by atoms with Crippen LogP contribution in [0.3, 0.4) is 0 Å². The molecular weight excluding hydrogens is 368 g/mol. The minimum Gasteiger partial charge on any atom is -0.492 e. The number of hydrogen-bond donors (Lipinski definition) is 1. The molecule has 2 aliphatic rings. The van der Waals surface area contributed by atoms with Crippen LogP contribution in [0.25, 0.3) is 0 Å². The van der Waals surface area contributed by atoms with E-state index in [0.29, 0.717) is 25.1 Å². The Kier molecular flexibility index (Phi) is 6.53. The predicted octanol–water partition coefficient (Wildman–Crippen LogP) is 2.99. The van der Waals surface area contributed by atoms with Gasteiger partial charge in [0.1, 0.15) is 5.75 Å². The Labute approximate surface area is 146 Å². The minimum atomic E-state index is 0. The minimum absolute atomic E-state index is 0. The number of benzene rings is 1. The van der Waals surface area contributed by atoms with Crippen LogP contribution in [-0.4, -0.2) is 42.6 Å². The molecule has 1 amide bonds. The molecule has 2 unspecified atom stereocenters.